The lowest BCUT2D eigenvalue weighted by Crippen LogP contribution is -2.26. The highest BCUT2D eigenvalue weighted by Crippen LogP contribution is 2.31. The van der Waals surface area contributed by atoms with Crippen molar-refractivity contribution in [3.8, 4) is 22.3 Å². The number of hydrogen-bond acceptors (Lipinski definition) is 3. The molecule has 0 fully saturated rings. The van der Waals surface area contributed by atoms with Gasteiger partial charge in [0.05, 0.1) is 6.20 Å². The summed E-state index contributed by atoms with van der Waals surface area (Å²) in [6.45, 7) is 0.200. The van der Waals surface area contributed by atoms with Gasteiger partial charge in [-0.2, -0.15) is 5.10 Å². The van der Waals surface area contributed by atoms with Crippen molar-refractivity contribution in [2.45, 2.75) is 6.54 Å². The zero-order valence-electron chi connectivity index (χ0n) is 15.6. The van der Waals surface area contributed by atoms with E-state index in [0.29, 0.717) is 5.39 Å². The normalized spacial score (nSPS) is 11.0. The number of carbonyl (C=O) groups is 1. The highest BCUT2D eigenvalue weighted by molar-refractivity contribution is 5.96. The van der Waals surface area contributed by atoms with Crippen LogP contribution in [0.1, 0.15) is 0 Å². The molecule has 4 rings (SSSR count). The van der Waals surface area contributed by atoms with E-state index in [2.05, 4.69) is 10.1 Å². The summed E-state index contributed by atoms with van der Waals surface area (Å²) in [5, 5.41) is 5.60. The number of amides is 1. The van der Waals surface area contributed by atoms with Gasteiger partial charge in [-0.05, 0) is 17.2 Å². The first kappa shape index (κ1) is 17.9. The van der Waals surface area contributed by atoms with E-state index in [9.17, 15) is 9.18 Å². The lowest BCUT2D eigenvalue weighted by Gasteiger charge is -2.09. The van der Waals surface area contributed by atoms with Crippen LogP contribution in [0.4, 0.5) is 4.39 Å². The van der Waals surface area contributed by atoms with E-state index in [1.54, 1.807) is 43.4 Å². The molecule has 28 heavy (non-hydrogen) atoms. The monoisotopic (exact) mass is 374 g/mol. The number of likely N-dealkylation sites (N-methyl/N-ethyl adjacent to an activating group) is 1. The Morgan fingerprint density at radius 2 is 1.75 bits per heavy atom. The lowest BCUT2D eigenvalue weighted by atomic mass is 9.98. The zero-order chi connectivity index (χ0) is 19.7. The number of pyridine rings is 1. The standard InChI is InChI=1S/C22H19FN4O/c1-26(2)21(28)14-27-13-18(11-25-27)15-6-8-16(9-7-15)19-12-24-10-17-4-3-5-20(23)22(17)19/h3-13H,14H2,1-2H3. The Balaban J connectivity index is 1.64. The maximum Gasteiger partial charge on any atom is 0.243 e. The van der Waals surface area contributed by atoms with E-state index in [-0.39, 0.29) is 18.3 Å². The molecule has 0 saturated heterocycles. The van der Waals surface area contributed by atoms with Crippen LogP contribution in [0.2, 0.25) is 0 Å². The molecule has 0 aliphatic heterocycles. The number of benzene rings is 2. The molecule has 2 heterocycles. The Labute approximate surface area is 162 Å². The third-order valence-corrected chi connectivity index (χ3v) is 4.69. The molecular formula is C22H19FN4O. The van der Waals surface area contributed by atoms with Gasteiger partial charge in [0.25, 0.3) is 0 Å². The average Bonchev–Trinajstić information content (AvgIpc) is 3.16. The van der Waals surface area contributed by atoms with Gasteiger partial charge in [0.2, 0.25) is 5.91 Å². The van der Waals surface area contributed by atoms with Crippen LogP contribution >= 0.6 is 0 Å². The first-order chi connectivity index (χ1) is 13.5. The van der Waals surface area contributed by atoms with Gasteiger partial charge in [0, 0.05) is 54.6 Å². The molecule has 0 unspecified atom stereocenters. The van der Waals surface area contributed by atoms with Gasteiger partial charge in [0.1, 0.15) is 12.4 Å². The summed E-state index contributed by atoms with van der Waals surface area (Å²) in [5.74, 6) is -0.277. The molecule has 5 nitrogen and oxygen atoms in total. The summed E-state index contributed by atoms with van der Waals surface area (Å²) in [6.07, 6.45) is 6.93. The van der Waals surface area contributed by atoms with Gasteiger partial charge >= 0.3 is 0 Å². The molecule has 0 aliphatic carbocycles. The molecule has 6 heteroatoms. The number of fused-ring (bicyclic) bond motifs is 1. The first-order valence-corrected chi connectivity index (χ1v) is 8.88. The van der Waals surface area contributed by atoms with Crippen molar-refractivity contribution in [3.05, 3.63) is 73.1 Å². The van der Waals surface area contributed by atoms with Crippen molar-refractivity contribution in [2.24, 2.45) is 0 Å². The highest BCUT2D eigenvalue weighted by atomic mass is 19.1. The minimum atomic E-state index is -0.259. The van der Waals surface area contributed by atoms with Gasteiger partial charge in [0.15, 0.2) is 0 Å². The van der Waals surface area contributed by atoms with E-state index in [4.69, 9.17) is 0 Å². The van der Waals surface area contributed by atoms with Crippen LogP contribution in [-0.2, 0) is 11.3 Å². The number of hydrogen-bond donors (Lipinski definition) is 0. The van der Waals surface area contributed by atoms with E-state index in [0.717, 1.165) is 27.6 Å². The summed E-state index contributed by atoms with van der Waals surface area (Å²) in [4.78, 5) is 17.6. The van der Waals surface area contributed by atoms with Crippen molar-refractivity contribution in [1.82, 2.24) is 19.7 Å². The molecule has 0 aliphatic rings. The zero-order valence-corrected chi connectivity index (χ0v) is 15.6. The van der Waals surface area contributed by atoms with E-state index in [1.807, 2.05) is 36.5 Å². The molecule has 0 N–H and O–H groups in total. The topological polar surface area (TPSA) is 51.0 Å². The van der Waals surface area contributed by atoms with Crippen LogP contribution in [0.3, 0.4) is 0 Å². The molecule has 4 aromatic rings. The van der Waals surface area contributed by atoms with Gasteiger partial charge < -0.3 is 4.90 Å². The van der Waals surface area contributed by atoms with Crippen LogP contribution in [0, 0.1) is 5.82 Å². The lowest BCUT2D eigenvalue weighted by molar-refractivity contribution is -0.129. The average molecular weight is 374 g/mol. The summed E-state index contributed by atoms with van der Waals surface area (Å²) in [5.41, 5.74) is 3.54. The maximum atomic E-state index is 14.4. The Morgan fingerprint density at radius 1 is 1.00 bits per heavy atom. The molecule has 2 aromatic carbocycles. The number of nitrogens with zero attached hydrogens (tertiary/aromatic N) is 4. The van der Waals surface area contributed by atoms with Crippen molar-refractivity contribution in [3.63, 3.8) is 0 Å². The number of rotatable bonds is 4. The minimum absolute atomic E-state index is 0.0181. The van der Waals surface area contributed by atoms with E-state index in [1.165, 1.54) is 11.0 Å². The smallest absolute Gasteiger partial charge is 0.243 e. The molecule has 1 amide bonds. The van der Waals surface area contributed by atoms with Gasteiger partial charge in [-0.3, -0.25) is 14.5 Å². The van der Waals surface area contributed by atoms with Crippen LogP contribution < -0.4 is 0 Å². The number of carbonyl (C=O) groups excluding carboxylic acids is 1. The first-order valence-electron chi connectivity index (χ1n) is 8.88. The van der Waals surface area contributed by atoms with Crippen LogP contribution in [0.25, 0.3) is 33.0 Å². The summed E-state index contributed by atoms with van der Waals surface area (Å²) in [6, 6.07) is 12.8. The fourth-order valence-electron chi connectivity index (χ4n) is 3.13. The van der Waals surface area contributed by atoms with Crippen molar-refractivity contribution in [2.75, 3.05) is 14.1 Å². The fourth-order valence-corrected chi connectivity index (χ4v) is 3.13. The molecule has 0 atom stereocenters. The third-order valence-electron chi connectivity index (χ3n) is 4.69. The largest absolute Gasteiger partial charge is 0.347 e. The number of aromatic nitrogens is 3. The fraction of sp³-hybridized carbons (Fsp3) is 0.136. The predicted molar refractivity (Wildman–Crippen MR) is 107 cm³/mol. The summed E-state index contributed by atoms with van der Waals surface area (Å²) < 4.78 is 16.0. The van der Waals surface area contributed by atoms with Gasteiger partial charge in [-0.25, -0.2) is 4.39 Å². The quantitative estimate of drug-likeness (QED) is 0.543. The van der Waals surface area contributed by atoms with Crippen LogP contribution in [0.15, 0.2) is 67.3 Å². The molecule has 0 radical (unpaired) electrons. The van der Waals surface area contributed by atoms with Gasteiger partial charge in [-0.1, -0.05) is 36.4 Å². The third kappa shape index (κ3) is 3.36. The Bertz CT molecular complexity index is 1140. The minimum Gasteiger partial charge on any atom is -0.347 e. The number of halogens is 1. The molecular weight excluding hydrogens is 355 g/mol. The van der Waals surface area contributed by atoms with Crippen LogP contribution in [-0.4, -0.2) is 39.7 Å². The SMILES string of the molecule is CN(C)C(=O)Cn1cc(-c2ccc(-c3cncc4cccc(F)c34)cc2)cn1. The van der Waals surface area contributed by atoms with Crippen LogP contribution in [0.5, 0.6) is 0 Å². The molecule has 0 bridgehead atoms. The van der Waals surface area contributed by atoms with Gasteiger partial charge in [-0.15, -0.1) is 0 Å². The van der Waals surface area contributed by atoms with Crippen molar-refractivity contribution < 1.29 is 9.18 Å². The Morgan fingerprint density at radius 3 is 2.50 bits per heavy atom. The van der Waals surface area contributed by atoms with Crippen molar-refractivity contribution in [1.29, 1.82) is 0 Å². The molecule has 0 spiro atoms. The Hall–Kier alpha value is -3.54. The summed E-state index contributed by atoms with van der Waals surface area (Å²) in [7, 11) is 3.44. The molecule has 140 valence electrons. The molecule has 0 saturated carbocycles. The Kier molecular flexibility index (Phi) is 4.61. The van der Waals surface area contributed by atoms with Crippen molar-refractivity contribution >= 4 is 16.7 Å². The van der Waals surface area contributed by atoms with E-state index < -0.39 is 0 Å². The predicted octanol–water partition coefficient (Wildman–Crippen LogP) is 3.99. The second-order valence-electron chi connectivity index (χ2n) is 6.82. The van der Waals surface area contributed by atoms with E-state index >= 15 is 0 Å². The second kappa shape index (κ2) is 7.23. The highest BCUT2D eigenvalue weighted by Gasteiger charge is 2.11. The second-order valence-corrected chi connectivity index (χ2v) is 6.82. The molecule has 2 aromatic heterocycles. The maximum absolute atomic E-state index is 14.4. The summed E-state index contributed by atoms with van der Waals surface area (Å²) >= 11 is 0.